The molecule has 110 valence electrons. The summed E-state index contributed by atoms with van der Waals surface area (Å²) in [6.45, 7) is 11.6. The van der Waals surface area contributed by atoms with E-state index in [9.17, 15) is 0 Å². The lowest BCUT2D eigenvalue weighted by Crippen LogP contribution is -2.22. The van der Waals surface area contributed by atoms with Crippen LogP contribution in [0.2, 0.25) is 0 Å². The van der Waals surface area contributed by atoms with Crippen molar-refractivity contribution in [3.8, 4) is 0 Å². The first-order valence-corrected chi connectivity index (χ1v) is 7.31. The Balaban J connectivity index is 2.50. The van der Waals surface area contributed by atoms with E-state index in [-0.39, 0.29) is 0 Å². The summed E-state index contributed by atoms with van der Waals surface area (Å²) in [5.74, 6) is 0. The van der Waals surface area contributed by atoms with Crippen molar-refractivity contribution in [3.05, 3.63) is 91.6 Å². The smallest absolute Gasteiger partial charge is 0.0371 e. The van der Waals surface area contributed by atoms with Crippen molar-refractivity contribution in [2.24, 2.45) is 0 Å². The van der Waals surface area contributed by atoms with Gasteiger partial charge in [0.25, 0.3) is 0 Å². The lowest BCUT2D eigenvalue weighted by molar-refractivity contribution is 0.955. The van der Waals surface area contributed by atoms with Crippen LogP contribution in [0.25, 0.3) is 0 Å². The molecule has 0 unspecified atom stereocenters. The molecule has 0 saturated carbocycles. The van der Waals surface area contributed by atoms with Crippen LogP contribution in [-0.4, -0.2) is 13.1 Å². The topological polar surface area (TPSA) is 3.24 Å². The minimum absolute atomic E-state index is 0.839. The quantitative estimate of drug-likeness (QED) is 0.437. The SMILES string of the molecule is C=CCN(C/C=C\C=C/C(=C)C/C=C\C)c1ccccc1. The van der Waals surface area contributed by atoms with E-state index in [0.717, 1.165) is 25.1 Å². The van der Waals surface area contributed by atoms with E-state index in [4.69, 9.17) is 0 Å². The minimum Gasteiger partial charge on any atom is -0.364 e. The van der Waals surface area contributed by atoms with Gasteiger partial charge in [0.15, 0.2) is 0 Å². The molecule has 0 atom stereocenters. The molecule has 0 radical (unpaired) electrons. The molecular weight excluding hydrogens is 254 g/mol. The second-order valence-electron chi connectivity index (χ2n) is 4.75. The zero-order chi connectivity index (χ0) is 15.3. The van der Waals surface area contributed by atoms with E-state index in [0.29, 0.717) is 0 Å². The van der Waals surface area contributed by atoms with Gasteiger partial charge < -0.3 is 4.90 Å². The zero-order valence-corrected chi connectivity index (χ0v) is 12.9. The summed E-state index contributed by atoms with van der Waals surface area (Å²) in [6.07, 6.45) is 15.3. The summed E-state index contributed by atoms with van der Waals surface area (Å²) < 4.78 is 0. The molecule has 0 amide bonds. The average molecular weight is 279 g/mol. The normalized spacial score (nSPS) is 11.5. The van der Waals surface area contributed by atoms with Gasteiger partial charge in [-0.2, -0.15) is 0 Å². The van der Waals surface area contributed by atoms with Gasteiger partial charge >= 0.3 is 0 Å². The number of rotatable bonds is 9. The predicted molar refractivity (Wildman–Crippen MR) is 95.7 cm³/mol. The van der Waals surface area contributed by atoms with E-state index in [1.807, 2.05) is 31.2 Å². The van der Waals surface area contributed by atoms with Crippen LogP contribution in [0.15, 0.2) is 91.6 Å². The summed E-state index contributed by atoms with van der Waals surface area (Å²) in [6, 6.07) is 10.4. The van der Waals surface area contributed by atoms with Gasteiger partial charge in [0.05, 0.1) is 0 Å². The van der Waals surface area contributed by atoms with Crippen molar-refractivity contribution in [2.45, 2.75) is 13.3 Å². The first kappa shape index (κ1) is 16.8. The van der Waals surface area contributed by atoms with Crippen molar-refractivity contribution in [1.82, 2.24) is 0 Å². The largest absolute Gasteiger partial charge is 0.364 e. The molecule has 1 aromatic carbocycles. The lowest BCUT2D eigenvalue weighted by Gasteiger charge is -2.21. The predicted octanol–water partition coefficient (Wildman–Crippen LogP) is 5.31. The molecule has 0 fully saturated rings. The molecule has 1 nitrogen and oxygen atoms in total. The highest BCUT2D eigenvalue weighted by molar-refractivity contribution is 5.47. The molecule has 0 aliphatic rings. The second-order valence-corrected chi connectivity index (χ2v) is 4.75. The maximum absolute atomic E-state index is 4.01. The fraction of sp³-hybridized carbons (Fsp3) is 0.200. The highest BCUT2D eigenvalue weighted by Crippen LogP contribution is 2.12. The Morgan fingerprint density at radius 2 is 1.86 bits per heavy atom. The number of allylic oxidation sites excluding steroid dienone is 6. The van der Waals surface area contributed by atoms with Crippen LogP contribution < -0.4 is 4.90 Å². The monoisotopic (exact) mass is 279 g/mol. The van der Waals surface area contributed by atoms with Crippen molar-refractivity contribution in [3.63, 3.8) is 0 Å². The van der Waals surface area contributed by atoms with Gasteiger partial charge in [0.2, 0.25) is 0 Å². The van der Waals surface area contributed by atoms with Gasteiger partial charge in [0, 0.05) is 18.8 Å². The molecule has 0 aromatic heterocycles. The molecule has 1 aromatic rings. The van der Waals surface area contributed by atoms with Gasteiger partial charge in [-0.25, -0.2) is 0 Å². The molecule has 1 rings (SSSR count). The van der Waals surface area contributed by atoms with Crippen LogP contribution in [0.3, 0.4) is 0 Å². The molecule has 0 aliphatic heterocycles. The lowest BCUT2D eigenvalue weighted by atomic mass is 10.2. The fourth-order valence-electron chi connectivity index (χ4n) is 1.88. The Morgan fingerprint density at radius 1 is 1.10 bits per heavy atom. The molecular formula is C20H25N. The average Bonchev–Trinajstić information content (AvgIpc) is 2.52. The van der Waals surface area contributed by atoms with Crippen molar-refractivity contribution >= 4 is 5.69 Å². The van der Waals surface area contributed by atoms with Crippen LogP contribution in [0.4, 0.5) is 5.69 Å². The first-order valence-electron chi connectivity index (χ1n) is 7.31. The summed E-state index contributed by atoms with van der Waals surface area (Å²) in [5.41, 5.74) is 2.33. The summed E-state index contributed by atoms with van der Waals surface area (Å²) in [4.78, 5) is 2.27. The number of nitrogens with zero attached hydrogens (tertiary/aromatic N) is 1. The summed E-state index contributed by atoms with van der Waals surface area (Å²) in [7, 11) is 0. The molecule has 0 saturated heterocycles. The Hall–Kier alpha value is -2.28. The Morgan fingerprint density at radius 3 is 2.52 bits per heavy atom. The van der Waals surface area contributed by atoms with Crippen LogP contribution in [0.5, 0.6) is 0 Å². The zero-order valence-electron chi connectivity index (χ0n) is 12.9. The number of hydrogen-bond donors (Lipinski definition) is 0. The van der Waals surface area contributed by atoms with E-state index < -0.39 is 0 Å². The third-order valence-electron chi connectivity index (χ3n) is 2.99. The second kappa shape index (κ2) is 10.5. The Kier molecular flexibility index (Phi) is 8.39. The highest BCUT2D eigenvalue weighted by Gasteiger charge is 2.00. The van der Waals surface area contributed by atoms with Gasteiger partial charge in [-0.3, -0.25) is 0 Å². The molecule has 0 heterocycles. The van der Waals surface area contributed by atoms with Crippen molar-refractivity contribution in [2.75, 3.05) is 18.0 Å². The molecule has 21 heavy (non-hydrogen) atoms. The Bertz CT molecular complexity index is 506. The molecule has 0 aliphatic carbocycles. The molecule has 1 heteroatoms. The van der Waals surface area contributed by atoms with Gasteiger partial charge in [-0.1, -0.05) is 72.9 Å². The van der Waals surface area contributed by atoms with Crippen LogP contribution >= 0.6 is 0 Å². The number of benzene rings is 1. The van der Waals surface area contributed by atoms with E-state index >= 15 is 0 Å². The number of anilines is 1. The number of para-hydroxylation sites is 1. The third-order valence-corrected chi connectivity index (χ3v) is 2.99. The van der Waals surface area contributed by atoms with Gasteiger partial charge in [-0.05, 0) is 25.5 Å². The van der Waals surface area contributed by atoms with Crippen molar-refractivity contribution < 1.29 is 0 Å². The third kappa shape index (κ3) is 7.17. The number of hydrogen-bond acceptors (Lipinski definition) is 1. The molecule has 0 bridgehead atoms. The maximum atomic E-state index is 4.01. The van der Waals surface area contributed by atoms with Gasteiger partial charge in [-0.15, -0.1) is 6.58 Å². The first-order chi connectivity index (χ1) is 10.3. The maximum Gasteiger partial charge on any atom is 0.0371 e. The van der Waals surface area contributed by atoms with E-state index in [1.54, 1.807) is 0 Å². The fourth-order valence-corrected chi connectivity index (χ4v) is 1.88. The summed E-state index contributed by atoms with van der Waals surface area (Å²) in [5, 5.41) is 0. The minimum atomic E-state index is 0.839. The van der Waals surface area contributed by atoms with E-state index in [1.165, 1.54) is 5.69 Å². The Labute approximate surface area is 129 Å². The molecule has 0 spiro atoms. The van der Waals surface area contributed by atoms with Crippen LogP contribution in [0.1, 0.15) is 13.3 Å². The van der Waals surface area contributed by atoms with Crippen LogP contribution in [0, 0.1) is 0 Å². The van der Waals surface area contributed by atoms with Gasteiger partial charge in [0.1, 0.15) is 0 Å². The highest BCUT2D eigenvalue weighted by atomic mass is 15.1. The standard InChI is InChI=1S/C20H25N/c1-4-6-13-19(3)14-9-8-12-18-21(17-5-2)20-15-10-7-11-16-20/h4-12,14-16H,2-3,13,17-18H2,1H3/b6-4-,12-8-,14-9-. The van der Waals surface area contributed by atoms with Crippen LogP contribution in [-0.2, 0) is 0 Å². The summed E-state index contributed by atoms with van der Waals surface area (Å²) >= 11 is 0. The molecule has 0 N–H and O–H groups in total. The van der Waals surface area contributed by atoms with E-state index in [2.05, 4.69) is 66.6 Å². The van der Waals surface area contributed by atoms with Crippen molar-refractivity contribution in [1.29, 1.82) is 0 Å².